The molecule has 5 nitrogen and oxygen atoms in total. The number of anilines is 1. The number of piperidine rings is 1. The maximum absolute atomic E-state index is 5.08. The van der Waals surface area contributed by atoms with Crippen LogP contribution in [-0.4, -0.2) is 53.8 Å². The third-order valence-electron chi connectivity index (χ3n) is 4.44. The lowest BCUT2D eigenvalue weighted by Gasteiger charge is -2.35. The number of methoxy groups -OCH3 is 1. The van der Waals surface area contributed by atoms with E-state index in [4.69, 9.17) is 4.74 Å². The van der Waals surface area contributed by atoms with Crippen molar-refractivity contribution in [1.82, 2.24) is 14.5 Å². The average molecular weight is 264 g/mol. The summed E-state index contributed by atoms with van der Waals surface area (Å²) in [5, 5.41) is 3.36. The molecule has 1 aromatic heterocycles. The van der Waals surface area contributed by atoms with Crippen molar-refractivity contribution in [2.24, 2.45) is 0 Å². The summed E-state index contributed by atoms with van der Waals surface area (Å²) < 4.78 is 7.40. The van der Waals surface area contributed by atoms with Crippen molar-refractivity contribution in [3.8, 4) is 0 Å². The Kier molecular flexibility index (Phi) is 4.03. The molecule has 0 saturated carbocycles. The molecule has 19 heavy (non-hydrogen) atoms. The van der Waals surface area contributed by atoms with Gasteiger partial charge in [-0.3, -0.25) is 0 Å². The lowest BCUT2D eigenvalue weighted by molar-refractivity contribution is 0.156. The number of nitrogens with one attached hydrogen (secondary N) is 1. The van der Waals surface area contributed by atoms with Gasteiger partial charge in [0.2, 0.25) is 5.95 Å². The number of rotatable bonds is 5. The van der Waals surface area contributed by atoms with Crippen LogP contribution < -0.4 is 5.32 Å². The van der Waals surface area contributed by atoms with Crippen LogP contribution in [0.1, 0.15) is 31.7 Å². The van der Waals surface area contributed by atoms with Crippen LogP contribution in [0.5, 0.6) is 0 Å². The predicted octanol–water partition coefficient (Wildman–Crippen LogP) is 1.74. The van der Waals surface area contributed by atoms with E-state index in [9.17, 15) is 0 Å². The first-order chi connectivity index (χ1) is 9.38. The van der Waals surface area contributed by atoms with E-state index in [0.29, 0.717) is 12.6 Å². The van der Waals surface area contributed by atoms with Crippen molar-refractivity contribution in [2.75, 3.05) is 38.7 Å². The number of imidazole rings is 1. The van der Waals surface area contributed by atoms with E-state index in [2.05, 4.69) is 26.0 Å². The molecule has 0 bridgehead atoms. The molecule has 2 fully saturated rings. The van der Waals surface area contributed by atoms with Gasteiger partial charge in [0, 0.05) is 44.7 Å². The Morgan fingerprint density at radius 2 is 2.32 bits per heavy atom. The van der Waals surface area contributed by atoms with Gasteiger partial charge in [-0.05, 0) is 32.2 Å². The van der Waals surface area contributed by atoms with Crippen LogP contribution in [0.4, 0.5) is 5.95 Å². The van der Waals surface area contributed by atoms with E-state index in [0.717, 1.165) is 18.5 Å². The van der Waals surface area contributed by atoms with E-state index >= 15 is 0 Å². The fourth-order valence-electron chi connectivity index (χ4n) is 3.47. The number of hydrogen-bond acceptors (Lipinski definition) is 4. The van der Waals surface area contributed by atoms with E-state index in [1.54, 1.807) is 7.11 Å². The first kappa shape index (κ1) is 12.9. The molecule has 3 heterocycles. The second kappa shape index (κ2) is 5.92. The van der Waals surface area contributed by atoms with Crippen molar-refractivity contribution >= 4 is 5.95 Å². The van der Waals surface area contributed by atoms with Gasteiger partial charge in [0.05, 0.1) is 6.61 Å². The fourth-order valence-corrected chi connectivity index (χ4v) is 3.47. The Hall–Kier alpha value is -1.07. The third kappa shape index (κ3) is 2.77. The summed E-state index contributed by atoms with van der Waals surface area (Å²) in [6.45, 7) is 4.08. The van der Waals surface area contributed by atoms with Crippen LogP contribution in [0.25, 0.3) is 0 Å². The Labute approximate surface area is 114 Å². The molecule has 2 atom stereocenters. The monoisotopic (exact) mass is 264 g/mol. The maximum Gasteiger partial charge on any atom is 0.203 e. The highest BCUT2D eigenvalue weighted by Gasteiger charge is 2.32. The van der Waals surface area contributed by atoms with Crippen molar-refractivity contribution in [3.05, 3.63) is 12.4 Å². The molecule has 106 valence electrons. The van der Waals surface area contributed by atoms with Gasteiger partial charge in [-0.1, -0.05) is 0 Å². The average Bonchev–Trinajstić information content (AvgIpc) is 3.06. The second-order valence-electron chi connectivity index (χ2n) is 5.59. The van der Waals surface area contributed by atoms with Gasteiger partial charge >= 0.3 is 0 Å². The SMILES string of the molecule is COCCNc1nccn1C1CCN2CCCC2C1. The summed E-state index contributed by atoms with van der Waals surface area (Å²) >= 11 is 0. The predicted molar refractivity (Wildman–Crippen MR) is 75.5 cm³/mol. The summed E-state index contributed by atoms with van der Waals surface area (Å²) in [5.74, 6) is 0.994. The zero-order chi connectivity index (χ0) is 13.1. The highest BCUT2D eigenvalue weighted by atomic mass is 16.5. The molecular formula is C14H24N4O. The van der Waals surface area contributed by atoms with Gasteiger partial charge < -0.3 is 19.5 Å². The molecule has 0 amide bonds. The van der Waals surface area contributed by atoms with Crippen molar-refractivity contribution < 1.29 is 4.74 Å². The van der Waals surface area contributed by atoms with Gasteiger partial charge in [0.1, 0.15) is 0 Å². The standard InChI is InChI=1S/C14H24N4O/c1-19-10-6-16-14-15-5-9-18(14)13-4-8-17-7-2-3-12(17)11-13/h5,9,12-13H,2-4,6-8,10-11H2,1H3,(H,15,16). The molecule has 0 aliphatic carbocycles. The number of fused-ring (bicyclic) bond motifs is 1. The fraction of sp³-hybridized carbons (Fsp3) is 0.786. The number of aromatic nitrogens is 2. The molecule has 2 aliphatic heterocycles. The molecule has 2 saturated heterocycles. The third-order valence-corrected chi connectivity index (χ3v) is 4.44. The molecule has 3 rings (SSSR count). The van der Waals surface area contributed by atoms with Gasteiger partial charge in [-0.2, -0.15) is 0 Å². The molecule has 1 N–H and O–H groups in total. The first-order valence-electron chi connectivity index (χ1n) is 7.38. The van der Waals surface area contributed by atoms with E-state index in [1.165, 1.54) is 38.8 Å². The van der Waals surface area contributed by atoms with Gasteiger partial charge in [0.25, 0.3) is 0 Å². The summed E-state index contributed by atoms with van der Waals surface area (Å²) in [7, 11) is 1.73. The summed E-state index contributed by atoms with van der Waals surface area (Å²) in [6.07, 6.45) is 9.28. The minimum Gasteiger partial charge on any atom is -0.383 e. The van der Waals surface area contributed by atoms with E-state index in [1.807, 2.05) is 6.20 Å². The normalized spacial score (nSPS) is 27.4. The molecule has 1 aromatic rings. The smallest absolute Gasteiger partial charge is 0.203 e. The summed E-state index contributed by atoms with van der Waals surface area (Å²) in [4.78, 5) is 7.09. The topological polar surface area (TPSA) is 42.3 Å². The number of ether oxygens (including phenoxy) is 1. The van der Waals surface area contributed by atoms with Gasteiger partial charge in [0.15, 0.2) is 0 Å². The van der Waals surface area contributed by atoms with Crippen LogP contribution in [0.15, 0.2) is 12.4 Å². The molecule has 2 unspecified atom stereocenters. The largest absolute Gasteiger partial charge is 0.383 e. The zero-order valence-electron chi connectivity index (χ0n) is 11.7. The van der Waals surface area contributed by atoms with Crippen LogP contribution in [-0.2, 0) is 4.74 Å². The summed E-state index contributed by atoms with van der Waals surface area (Å²) in [6, 6.07) is 1.40. The minimum absolute atomic E-state index is 0.604. The molecule has 2 aliphatic rings. The molecule has 0 radical (unpaired) electrons. The molecular weight excluding hydrogens is 240 g/mol. The number of hydrogen-bond donors (Lipinski definition) is 1. The lowest BCUT2D eigenvalue weighted by Crippen LogP contribution is -2.38. The van der Waals surface area contributed by atoms with Crippen LogP contribution in [0.3, 0.4) is 0 Å². The van der Waals surface area contributed by atoms with Crippen LogP contribution in [0.2, 0.25) is 0 Å². The van der Waals surface area contributed by atoms with Crippen LogP contribution >= 0.6 is 0 Å². The highest BCUT2D eigenvalue weighted by molar-refractivity contribution is 5.26. The number of nitrogens with zero attached hydrogens (tertiary/aromatic N) is 3. The molecule has 0 spiro atoms. The van der Waals surface area contributed by atoms with Gasteiger partial charge in [-0.25, -0.2) is 4.98 Å². The Balaban J connectivity index is 1.63. The second-order valence-corrected chi connectivity index (χ2v) is 5.59. The zero-order valence-corrected chi connectivity index (χ0v) is 11.7. The highest BCUT2D eigenvalue weighted by Crippen LogP contribution is 2.34. The van der Waals surface area contributed by atoms with Crippen molar-refractivity contribution in [3.63, 3.8) is 0 Å². The Morgan fingerprint density at radius 1 is 1.37 bits per heavy atom. The Morgan fingerprint density at radius 3 is 3.21 bits per heavy atom. The van der Waals surface area contributed by atoms with Crippen molar-refractivity contribution in [2.45, 2.75) is 37.8 Å². The van der Waals surface area contributed by atoms with E-state index < -0.39 is 0 Å². The van der Waals surface area contributed by atoms with Crippen molar-refractivity contribution in [1.29, 1.82) is 0 Å². The summed E-state index contributed by atoms with van der Waals surface area (Å²) in [5.41, 5.74) is 0. The lowest BCUT2D eigenvalue weighted by atomic mass is 9.97. The minimum atomic E-state index is 0.604. The van der Waals surface area contributed by atoms with Crippen LogP contribution in [0, 0.1) is 0 Å². The first-order valence-corrected chi connectivity index (χ1v) is 7.38. The maximum atomic E-state index is 5.08. The van der Waals surface area contributed by atoms with E-state index in [-0.39, 0.29) is 0 Å². The molecule has 5 heteroatoms. The quantitative estimate of drug-likeness (QED) is 0.823. The molecule has 0 aromatic carbocycles. The van der Waals surface area contributed by atoms with Gasteiger partial charge in [-0.15, -0.1) is 0 Å². The Bertz CT molecular complexity index is 406.